The SMILES string of the molecule is C1=Cc2sc(C3CCC(C4CCC(N5C6C=CCCC6C6CC(C7CCC(c8cc9c(s8)CCCC9)CC7)CCC65)CC4)CC3)cc2CC1. The molecule has 0 radical (unpaired) electrons. The zero-order valence-corrected chi connectivity index (χ0v) is 32.0. The van der Waals surface area contributed by atoms with Gasteiger partial charge in [0, 0.05) is 37.6 Å². The minimum atomic E-state index is 0.770. The Morgan fingerprint density at radius 3 is 1.98 bits per heavy atom. The van der Waals surface area contributed by atoms with Crippen LogP contribution >= 0.6 is 22.7 Å². The van der Waals surface area contributed by atoms with Crippen molar-refractivity contribution in [3.63, 3.8) is 0 Å². The Hall–Kier alpha value is -1.16. The highest BCUT2D eigenvalue weighted by atomic mass is 32.1. The molecule has 3 heteroatoms. The molecular weight excluding hydrogens is 631 g/mol. The largest absolute Gasteiger partial charge is 0.290 e. The van der Waals surface area contributed by atoms with Gasteiger partial charge in [-0.05, 0) is 224 Å². The number of nitrogens with zero attached hydrogens (tertiary/aromatic N) is 1. The van der Waals surface area contributed by atoms with Crippen LogP contribution in [0.5, 0.6) is 0 Å². The highest BCUT2D eigenvalue weighted by Gasteiger charge is 2.53. The molecule has 0 bridgehead atoms. The van der Waals surface area contributed by atoms with Crippen LogP contribution in [0.3, 0.4) is 0 Å². The molecule has 8 aliphatic rings. The molecule has 0 spiro atoms. The third-order valence-corrected chi connectivity index (χ3v) is 18.9. The third kappa shape index (κ3) is 6.24. The normalized spacial score (nSPS) is 40.8. The van der Waals surface area contributed by atoms with Crippen LogP contribution in [0.1, 0.15) is 171 Å². The van der Waals surface area contributed by atoms with E-state index in [1.165, 1.54) is 141 Å². The summed E-state index contributed by atoms with van der Waals surface area (Å²) in [6.07, 6.45) is 43.6. The maximum Gasteiger partial charge on any atom is 0.0315 e. The number of hydrogen-bond donors (Lipinski definition) is 0. The molecule has 4 saturated carbocycles. The first kappa shape index (κ1) is 32.5. The monoisotopic (exact) mass is 693 g/mol. The quantitative estimate of drug-likeness (QED) is 0.282. The highest BCUT2D eigenvalue weighted by molar-refractivity contribution is 7.13. The van der Waals surface area contributed by atoms with Crippen molar-refractivity contribution in [2.45, 2.75) is 178 Å². The second-order valence-electron chi connectivity index (χ2n) is 18.5. The molecule has 2 aromatic heterocycles. The van der Waals surface area contributed by atoms with E-state index in [1.54, 1.807) is 37.1 Å². The van der Waals surface area contributed by atoms with Gasteiger partial charge in [-0.15, -0.1) is 22.7 Å². The van der Waals surface area contributed by atoms with Crippen LogP contribution in [0.15, 0.2) is 30.4 Å². The molecule has 3 heterocycles. The zero-order chi connectivity index (χ0) is 32.3. The minimum absolute atomic E-state index is 0.770. The van der Waals surface area contributed by atoms with E-state index < -0.39 is 0 Å². The van der Waals surface area contributed by atoms with Crippen molar-refractivity contribution >= 4 is 28.7 Å². The van der Waals surface area contributed by atoms with Crippen LogP contribution in [-0.4, -0.2) is 23.0 Å². The summed E-state index contributed by atoms with van der Waals surface area (Å²) < 4.78 is 0. The number of rotatable bonds is 5. The fraction of sp³-hybridized carbons (Fsp3) is 0.739. The predicted molar refractivity (Wildman–Crippen MR) is 210 cm³/mol. The number of thiophene rings is 2. The zero-order valence-electron chi connectivity index (χ0n) is 30.3. The Morgan fingerprint density at radius 1 is 0.551 bits per heavy atom. The molecule has 5 fully saturated rings. The van der Waals surface area contributed by atoms with Gasteiger partial charge in [0.05, 0.1) is 0 Å². The van der Waals surface area contributed by atoms with Gasteiger partial charge in [0.15, 0.2) is 0 Å². The van der Waals surface area contributed by atoms with Crippen molar-refractivity contribution in [2.75, 3.05) is 0 Å². The Morgan fingerprint density at radius 2 is 1.22 bits per heavy atom. The van der Waals surface area contributed by atoms with Gasteiger partial charge in [0.2, 0.25) is 0 Å². The lowest BCUT2D eigenvalue weighted by Crippen LogP contribution is -2.48. The maximum atomic E-state index is 3.21. The summed E-state index contributed by atoms with van der Waals surface area (Å²) in [5, 5.41) is 0. The number of aryl methyl sites for hydroxylation is 3. The number of allylic oxidation sites excluding steroid dienone is 2. The smallest absolute Gasteiger partial charge is 0.0315 e. The molecule has 264 valence electrons. The molecule has 0 amide bonds. The van der Waals surface area contributed by atoms with Crippen LogP contribution in [-0.2, 0) is 19.3 Å². The predicted octanol–water partition coefficient (Wildman–Crippen LogP) is 12.9. The lowest BCUT2D eigenvalue weighted by atomic mass is 9.65. The first-order chi connectivity index (χ1) is 24.2. The maximum absolute atomic E-state index is 3.21. The Labute approximate surface area is 306 Å². The fourth-order valence-corrected chi connectivity index (χ4v) is 16.4. The van der Waals surface area contributed by atoms with Gasteiger partial charge in [-0.1, -0.05) is 18.2 Å². The van der Waals surface area contributed by atoms with Crippen LogP contribution < -0.4 is 0 Å². The van der Waals surface area contributed by atoms with Gasteiger partial charge in [0.25, 0.3) is 0 Å². The highest BCUT2D eigenvalue weighted by Crippen LogP contribution is 2.55. The summed E-state index contributed by atoms with van der Waals surface area (Å²) in [5.74, 6) is 7.74. The molecule has 5 unspecified atom stereocenters. The Bertz CT molecular complexity index is 1480. The fourth-order valence-electron chi connectivity index (χ4n) is 13.6. The van der Waals surface area contributed by atoms with Crippen molar-refractivity contribution in [2.24, 2.45) is 35.5 Å². The van der Waals surface area contributed by atoms with E-state index in [0.717, 1.165) is 65.5 Å². The molecule has 5 atom stereocenters. The Balaban J connectivity index is 0.740. The summed E-state index contributed by atoms with van der Waals surface area (Å²) in [6, 6.07) is 7.79. The molecule has 1 saturated heterocycles. The van der Waals surface area contributed by atoms with Gasteiger partial charge in [-0.2, -0.15) is 0 Å². The number of fused-ring (bicyclic) bond motifs is 5. The van der Waals surface area contributed by atoms with Gasteiger partial charge in [-0.25, -0.2) is 0 Å². The molecule has 0 aromatic carbocycles. The first-order valence-electron chi connectivity index (χ1n) is 21.6. The molecule has 0 N–H and O–H groups in total. The lowest BCUT2D eigenvalue weighted by molar-refractivity contribution is 0.0450. The summed E-state index contributed by atoms with van der Waals surface area (Å²) in [7, 11) is 0. The van der Waals surface area contributed by atoms with E-state index in [1.807, 2.05) is 0 Å². The van der Waals surface area contributed by atoms with Crippen LogP contribution in [0.2, 0.25) is 0 Å². The van der Waals surface area contributed by atoms with Crippen LogP contribution in [0.4, 0.5) is 0 Å². The average molecular weight is 694 g/mol. The van der Waals surface area contributed by atoms with Gasteiger partial charge in [-0.3, -0.25) is 4.90 Å². The molecule has 10 rings (SSSR count). The Kier molecular flexibility index (Phi) is 9.28. The van der Waals surface area contributed by atoms with Gasteiger partial charge >= 0.3 is 0 Å². The molecule has 7 aliphatic carbocycles. The van der Waals surface area contributed by atoms with Crippen molar-refractivity contribution in [1.29, 1.82) is 0 Å². The topological polar surface area (TPSA) is 3.24 Å². The lowest BCUT2D eigenvalue weighted by Gasteiger charge is -2.46. The van der Waals surface area contributed by atoms with Crippen molar-refractivity contribution < 1.29 is 0 Å². The van der Waals surface area contributed by atoms with E-state index in [-0.39, 0.29) is 0 Å². The molecule has 2 aromatic rings. The minimum Gasteiger partial charge on any atom is -0.290 e. The van der Waals surface area contributed by atoms with E-state index in [2.05, 4.69) is 64.0 Å². The second kappa shape index (κ2) is 14.0. The van der Waals surface area contributed by atoms with Gasteiger partial charge < -0.3 is 0 Å². The molecule has 1 aliphatic heterocycles. The number of hydrogen-bond acceptors (Lipinski definition) is 3. The summed E-state index contributed by atoms with van der Waals surface area (Å²) in [4.78, 5) is 10.0. The van der Waals surface area contributed by atoms with Crippen LogP contribution in [0.25, 0.3) is 6.08 Å². The first-order valence-corrected chi connectivity index (χ1v) is 23.2. The average Bonchev–Trinajstić information content (AvgIpc) is 3.89. The van der Waals surface area contributed by atoms with E-state index in [9.17, 15) is 0 Å². The van der Waals surface area contributed by atoms with Crippen molar-refractivity contribution in [1.82, 2.24) is 4.90 Å². The van der Waals surface area contributed by atoms with Crippen molar-refractivity contribution in [3.8, 4) is 0 Å². The standard InChI is InChI=1S/C46H63NS2/c1-5-11-43-36(7-1)28-45(48-43)33-17-13-30(14-18-33)31-21-24-38(25-22-31)47-41-10-4-3-9-39(41)40-27-35(23-26-42(40)47)32-15-19-34(20-16-32)46-29-37-8-2-6-12-44(37)49-46/h4-5,10-11,28-35,38-42H,1-3,6-9,12-27H2. The summed E-state index contributed by atoms with van der Waals surface area (Å²) in [6.45, 7) is 0. The third-order valence-electron chi connectivity index (χ3n) is 16.2. The molecule has 1 nitrogen and oxygen atoms in total. The van der Waals surface area contributed by atoms with E-state index in [4.69, 9.17) is 0 Å². The van der Waals surface area contributed by atoms with Crippen LogP contribution in [0, 0.1) is 35.5 Å². The summed E-state index contributed by atoms with van der Waals surface area (Å²) in [5.41, 5.74) is 3.37. The molecule has 49 heavy (non-hydrogen) atoms. The molecular formula is C46H63NS2. The van der Waals surface area contributed by atoms with Gasteiger partial charge in [0.1, 0.15) is 0 Å². The second-order valence-corrected chi connectivity index (χ2v) is 20.8. The van der Waals surface area contributed by atoms with E-state index in [0.29, 0.717) is 0 Å². The van der Waals surface area contributed by atoms with E-state index >= 15 is 0 Å². The summed E-state index contributed by atoms with van der Waals surface area (Å²) >= 11 is 4.34. The number of likely N-dealkylation sites (tertiary alicyclic amines) is 1. The van der Waals surface area contributed by atoms with Crippen molar-refractivity contribution in [3.05, 3.63) is 61.0 Å².